The zero-order chi connectivity index (χ0) is 15.3. The van der Waals surface area contributed by atoms with E-state index in [1.165, 1.54) is 38.5 Å². The van der Waals surface area contributed by atoms with Gasteiger partial charge in [-0.25, -0.2) is 0 Å². The number of hydrogen-bond acceptors (Lipinski definition) is 4. The third-order valence-corrected chi connectivity index (χ3v) is 6.14. The summed E-state index contributed by atoms with van der Waals surface area (Å²) >= 11 is 0. The molecule has 23 heavy (non-hydrogen) atoms. The van der Waals surface area contributed by atoms with Gasteiger partial charge in [-0.05, 0) is 68.4 Å². The zero-order valence-electron chi connectivity index (χ0n) is 13.4. The molecule has 0 saturated heterocycles. The van der Waals surface area contributed by atoms with Crippen LogP contribution in [0.3, 0.4) is 0 Å². The van der Waals surface area contributed by atoms with E-state index in [4.69, 9.17) is 4.42 Å². The number of nitrogens with zero attached hydrogens (tertiary/aromatic N) is 2. The molecule has 4 aliphatic carbocycles. The Morgan fingerprint density at radius 2 is 1.61 bits per heavy atom. The van der Waals surface area contributed by atoms with Crippen LogP contribution in [0.5, 0.6) is 0 Å². The first kappa shape index (κ1) is 13.7. The lowest BCUT2D eigenvalue weighted by molar-refractivity contribution is -0.0215. The van der Waals surface area contributed by atoms with Crippen LogP contribution in [-0.4, -0.2) is 15.7 Å². The second kappa shape index (κ2) is 5.17. The number of benzene rings is 1. The SMILES string of the molecule is c1ccc(-c2nnc(CNC34CC5CC(CC(C5)C3)C4)o2)cc1. The molecule has 4 saturated carbocycles. The first-order chi connectivity index (χ1) is 11.3. The topological polar surface area (TPSA) is 51.0 Å². The zero-order valence-corrected chi connectivity index (χ0v) is 13.4. The third kappa shape index (κ3) is 2.49. The van der Waals surface area contributed by atoms with E-state index in [0.29, 0.717) is 23.9 Å². The average molecular weight is 309 g/mol. The fourth-order valence-corrected chi connectivity index (χ4v) is 5.61. The summed E-state index contributed by atoms with van der Waals surface area (Å²) in [7, 11) is 0. The lowest BCUT2D eigenvalue weighted by atomic mass is 9.53. The van der Waals surface area contributed by atoms with Crippen LogP contribution >= 0.6 is 0 Å². The van der Waals surface area contributed by atoms with E-state index in [0.717, 1.165) is 23.3 Å². The molecule has 6 rings (SSSR count). The maximum atomic E-state index is 5.85. The van der Waals surface area contributed by atoms with Crippen molar-refractivity contribution in [1.29, 1.82) is 0 Å². The predicted molar refractivity (Wildman–Crippen MR) is 87.5 cm³/mol. The van der Waals surface area contributed by atoms with Crippen molar-refractivity contribution < 1.29 is 4.42 Å². The lowest BCUT2D eigenvalue weighted by Gasteiger charge is -2.57. The molecule has 4 heteroatoms. The van der Waals surface area contributed by atoms with E-state index in [-0.39, 0.29) is 0 Å². The lowest BCUT2D eigenvalue weighted by Crippen LogP contribution is -2.58. The van der Waals surface area contributed by atoms with Crippen LogP contribution in [0.1, 0.15) is 44.4 Å². The van der Waals surface area contributed by atoms with Gasteiger partial charge in [-0.1, -0.05) is 18.2 Å². The van der Waals surface area contributed by atoms with Crippen LogP contribution in [0, 0.1) is 17.8 Å². The highest BCUT2D eigenvalue weighted by Gasteiger charge is 2.50. The molecule has 4 bridgehead atoms. The number of hydrogen-bond donors (Lipinski definition) is 1. The van der Waals surface area contributed by atoms with Crippen molar-refractivity contribution in [3.8, 4) is 11.5 Å². The third-order valence-electron chi connectivity index (χ3n) is 6.14. The van der Waals surface area contributed by atoms with Crippen molar-refractivity contribution in [2.75, 3.05) is 0 Å². The quantitative estimate of drug-likeness (QED) is 0.933. The van der Waals surface area contributed by atoms with E-state index >= 15 is 0 Å². The molecule has 4 nitrogen and oxygen atoms in total. The highest BCUT2D eigenvalue weighted by Crippen LogP contribution is 2.55. The van der Waals surface area contributed by atoms with Crippen molar-refractivity contribution in [3.05, 3.63) is 36.2 Å². The summed E-state index contributed by atoms with van der Waals surface area (Å²) in [5.74, 6) is 4.19. The van der Waals surface area contributed by atoms with Crippen molar-refractivity contribution in [1.82, 2.24) is 15.5 Å². The van der Waals surface area contributed by atoms with Gasteiger partial charge in [0.15, 0.2) is 0 Å². The molecule has 1 aromatic carbocycles. The first-order valence-corrected chi connectivity index (χ1v) is 8.91. The van der Waals surface area contributed by atoms with Crippen molar-refractivity contribution in [3.63, 3.8) is 0 Å². The Morgan fingerprint density at radius 1 is 0.957 bits per heavy atom. The number of rotatable bonds is 4. The van der Waals surface area contributed by atoms with Crippen molar-refractivity contribution in [2.45, 2.75) is 50.6 Å². The van der Waals surface area contributed by atoms with Gasteiger partial charge >= 0.3 is 0 Å². The smallest absolute Gasteiger partial charge is 0.247 e. The van der Waals surface area contributed by atoms with Crippen LogP contribution in [0.4, 0.5) is 0 Å². The summed E-state index contributed by atoms with van der Waals surface area (Å²) in [4.78, 5) is 0. The van der Waals surface area contributed by atoms with Crippen LogP contribution in [0.15, 0.2) is 34.7 Å². The molecule has 1 N–H and O–H groups in total. The minimum atomic E-state index is 0.343. The Bertz CT molecular complexity index is 658. The van der Waals surface area contributed by atoms with Gasteiger partial charge in [0, 0.05) is 11.1 Å². The molecule has 4 fully saturated rings. The minimum Gasteiger partial charge on any atom is -0.419 e. The molecule has 1 aromatic heterocycles. The highest BCUT2D eigenvalue weighted by atomic mass is 16.4. The molecule has 120 valence electrons. The Kier molecular flexibility index (Phi) is 3.08. The van der Waals surface area contributed by atoms with Gasteiger partial charge in [-0.2, -0.15) is 0 Å². The molecular formula is C19H23N3O. The molecule has 1 heterocycles. The molecule has 0 aliphatic heterocycles. The van der Waals surface area contributed by atoms with Gasteiger partial charge in [0.2, 0.25) is 11.8 Å². The number of aromatic nitrogens is 2. The second-order valence-electron chi connectivity index (χ2n) is 7.92. The van der Waals surface area contributed by atoms with E-state index in [2.05, 4.69) is 15.5 Å². The first-order valence-electron chi connectivity index (χ1n) is 8.91. The fraction of sp³-hybridized carbons (Fsp3) is 0.579. The predicted octanol–water partition coefficient (Wildman–Crippen LogP) is 3.80. The van der Waals surface area contributed by atoms with Gasteiger partial charge in [-0.3, -0.25) is 0 Å². The molecule has 0 spiro atoms. The fourth-order valence-electron chi connectivity index (χ4n) is 5.61. The summed E-state index contributed by atoms with van der Waals surface area (Å²) in [6.45, 7) is 0.700. The van der Waals surface area contributed by atoms with Gasteiger partial charge in [0.25, 0.3) is 0 Å². The van der Waals surface area contributed by atoms with Crippen LogP contribution in [0.25, 0.3) is 11.5 Å². The van der Waals surface area contributed by atoms with Gasteiger partial charge in [0.05, 0.1) is 6.54 Å². The van der Waals surface area contributed by atoms with Crippen molar-refractivity contribution >= 4 is 0 Å². The summed E-state index contributed by atoms with van der Waals surface area (Å²) in [5.41, 5.74) is 1.33. The van der Waals surface area contributed by atoms with E-state index < -0.39 is 0 Å². The van der Waals surface area contributed by atoms with Gasteiger partial charge in [-0.15, -0.1) is 10.2 Å². The van der Waals surface area contributed by atoms with Gasteiger partial charge < -0.3 is 9.73 Å². The molecule has 0 unspecified atom stereocenters. The molecule has 4 aliphatic rings. The largest absolute Gasteiger partial charge is 0.419 e. The van der Waals surface area contributed by atoms with E-state index in [1.807, 2.05) is 30.3 Å². The van der Waals surface area contributed by atoms with Gasteiger partial charge in [0.1, 0.15) is 0 Å². The summed E-state index contributed by atoms with van der Waals surface area (Å²) in [6.07, 6.45) is 8.45. The standard InChI is InChI=1S/C19H23N3O/c1-2-4-16(5-3-1)18-22-21-17(23-18)12-20-19-9-13-6-14(10-19)8-15(7-13)11-19/h1-5,13-15,20H,6-12H2. The van der Waals surface area contributed by atoms with Crippen LogP contribution < -0.4 is 5.32 Å². The maximum absolute atomic E-state index is 5.85. The minimum absolute atomic E-state index is 0.343. The maximum Gasteiger partial charge on any atom is 0.247 e. The van der Waals surface area contributed by atoms with E-state index in [1.54, 1.807) is 0 Å². The Labute approximate surface area is 136 Å². The normalized spacial score (nSPS) is 34.9. The molecular weight excluding hydrogens is 286 g/mol. The molecule has 0 atom stereocenters. The van der Waals surface area contributed by atoms with E-state index in [9.17, 15) is 0 Å². The average Bonchev–Trinajstić information content (AvgIpc) is 3.02. The molecule has 0 radical (unpaired) electrons. The summed E-state index contributed by atoms with van der Waals surface area (Å²) in [5, 5.41) is 12.2. The Morgan fingerprint density at radius 3 is 2.26 bits per heavy atom. The number of nitrogens with one attached hydrogen (secondary N) is 1. The Hall–Kier alpha value is -1.68. The summed E-state index contributed by atoms with van der Waals surface area (Å²) in [6, 6.07) is 9.99. The Balaban J connectivity index is 1.29. The van der Waals surface area contributed by atoms with Crippen molar-refractivity contribution in [2.24, 2.45) is 17.8 Å². The second-order valence-corrected chi connectivity index (χ2v) is 7.92. The monoisotopic (exact) mass is 309 g/mol. The molecule has 2 aromatic rings. The summed E-state index contributed by atoms with van der Waals surface area (Å²) < 4.78 is 5.85. The highest BCUT2D eigenvalue weighted by molar-refractivity contribution is 5.51. The van der Waals surface area contributed by atoms with Crippen LogP contribution in [-0.2, 0) is 6.54 Å². The van der Waals surface area contributed by atoms with Crippen LogP contribution in [0.2, 0.25) is 0 Å². The molecule has 0 amide bonds.